The lowest BCUT2D eigenvalue weighted by atomic mass is 9.80. The maximum Gasteiger partial charge on any atom is 0.410 e. The highest BCUT2D eigenvalue weighted by Crippen LogP contribution is 2.42. The van der Waals surface area contributed by atoms with Crippen LogP contribution in [0.15, 0.2) is 30.3 Å². The van der Waals surface area contributed by atoms with Gasteiger partial charge in [0.05, 0.1) is 6.04 Å². The Kier molecular flexibility index (Phi) is 2.36. The Morgan fingerprint density at radius 2 is 2.11 bits per heavy atom. The van der Waals surface area contributed by atoms with Crippen molar-refractivity contribution in [2.45, 2.75) is 44.1 Å². The summed E-state index contributed by atoms with van der Waals surface area (Å²) in [5.41, 5.74) is 1.35. The van der Waals surface area contributed by atoms with Gasteiger partial charge in [-0.15, -0.1) is 0 Å². The Labute approximate surface area is 112 Å². The van der Waals surface area contributed by atoms with E-state index in [1.807, 2.05) is 17.9 Å². The lowest BCUT2D eigenvalue weighted by molar-refractivity contribution is -0.0928. The van der Waals surface area contributed by atoms with Crippen molar-refractivity contribution in [3.63, 3.8) is 0 Å². The SMILES string of the molecule is C[C@@H]1OC(=O)N2CC3C[C@H](C12)N3Cc1ccccc1. The van der Waals surface area contributed by atoms with Gasteiger partial charge in [0, 0.05) is 25.2 Å². The highest BCUT2D eigenvalue weighted by Gasteiger charge is 2.57. The number of benzene rings is 1. The van der Waals surface area contributed by atoms with Gasteiger partial charge in [-0.05, 0) is 18.9 Å². The topological polar surface area (TPSA) is 32.8 Å². The summed E-state index contributed by atoms with van der Waals surface area (Å²) in [5, 5.41) is 0. The van der Waals surface area contributed by atoms with Crippen molar-refractivity contribution in [1.82, 2.24) is 9.80 Å². The van der Waals surface area contributed by atoms with Crippen molar-refractivity contribution < 1.29 is 9.53 Å². The molecule has 0 spiro atoms. The highest BCUT2D eigenvalue weighted by atomic mass is 16.6. The summed E-state index contributed by atoms with van der Waals surface area (Å²) in [6, 6.07) is 11.8. The van der Waals surface area contributed by atoms with E-state index in [0.29, 0.717) is 12.1 Å². The van der Waals surface area contributed by atoms with E-state index in [-0.39, 0.29) is 18.2 Å². The molecule has 100 valence electrons. The van der Waals surface area contributed by atoms with Gasteiger partial charge in [-0.25, -0.2) is 4.79 Å². The lowest BCUT2D eigenvalue weighted by Gasteiger charge is -2.58. The zero-order chi connectivity index (χ0) is 13.0. The third kappa shape index (κ3) is 1.59. The molecule has 2 unspecified atom stereocenters. The standard InChI is InChI=1S/C15H18N2O2/c1-10-14-13-7-12(9-17(14)15(18)19-10)16(13)8-11-5-3-2-4-6-11/h2-6,10,12-14H,7-9H2,1H3/t10-,12?,13+,14?/m0/s1. The predicted octanol–water partition coefficient (Wildman–Crippen LogP) is 1.85. The van der Waals surface area contributed by atoms with Crippen LogP contribution in [0.2, 0.25) is 0 Å². The van der Waals surface area contributed by atoms with Crippen LogP contribution in [0.5, 0.6) is 0 Å². The number of hydrogen-bond donors (Lipinski definition) is 0. The van der Waals surface area contributed by atoms with E-state index in [4.69, 9.17) is 4.74 Å². The molecule has 1 aromatic rings. The fourth-order valence-corrected chi connectivity index (χ4v) is 3.85. The van der Waals surface area contributed by atoms with Gasteiger partial charge < -0.3 is 4.74 Å². The largest absolute Gasteiger partial charge is 0.444 e. The second-order valence-corrected chi connectivity index (χ2v) is 5.85. The maximum absolute atomic E-state index is 11.7. The second kappa shape index (κ2) is 3.97. The van der Waals surface area contributed by atoms with Crippen molar-refractivity contribution in [3.8, 4) is 0 Å². The number of hydrogen-bond acceptors (Lipinski definition) is 3. The summed E-state index contributed by atoms with van der Waals surface area (Å²) in [6.45, 7) is 3.83. The smallest absolute Gasteiger partial charge is 0.410 e. The summed E-state index contributed by atoms with van der Waals surface area (Å²) < 4.78 is 5.36. The van der Waals surface area contributed by atoms with Crippen LogP contribution < -0.4 is 0 Å². The second-order valence-electron chi connectivity index (χ2n) is 5.85. The normalized spacial score (nSPS) is 36.7. The molecule has 5 rings (SSSR count). The summed E-state index contributed by atoms with van der Waals surface area (Å²) in [5.74, 6) is 0. The fourth-order valence-electron chi connectivity index (χ4n) is 3.85. The molecule has 4 aliphatic heterocycles. The Balaban J connectivity index is 1.54. The number of amides is 1. The van der Waals surface area contributed by atoms with E-state index >= 15 is 0 Å². The first-order chi connectivity index (χ1) is 9.24. The Morgan fingerprint density at radius 1 is 1.32 bits per heavy atom. The van der Waals surface area contributed by atoms with Gasteiger partial charge in [-0.3, -0.25) is 9.80 Å². The molecule has 0 saturated carbocycles. The Bertz CT molecular complexity index is 504. The molecule has 4 heterocycles. The van der Waals surface area contributed by atoms with Crippen LogP contribution in [0.1, 0.15) is 18.9 Å². The minimum atomic E-state index is -0.119. The molecule has 4 heteroatoms. The molecule has 2 bridgehead atoms. The maximum atomic E-state index is 11.7. The van der Waals surface area contributed by atoms with Gasteiger partial charge in [0.2, 0.25) is 0 Å². The van der Waals surface area contributed by atoms with Crippen molar-refractivity contribution in [2.24, 2.45) is 0 Å². The summed E-state index contributed by atoms with van der Waals surface area (Å²) in [6.07, 6.45) is 1.11. The molecule has 4 saturated heterocycles. The van der Waals surface area contributed by atoms with Gasteiger partial charge in [0.25, 0.3) is 0 Å². The summed E-state index contributed by atoms with van der Waals surface area (Å²) in [4.78, 5) is 16.2. The molecule has 4 aliphatic rings. The van der Waals surface area contributed by atoms with Crippen molar-refractivity contribution in [2.75, 3.05) is 6.54 Å². The molecule has 4 nitrogen and oxygen atoms in total. The van der Waals surface area contributed by atoms with Crippen molar-refractivity contribution in [1.29, 1.82) is 0 Å². The molecular formula is C15H18N2O2. The van der Waals surface area contributed by atoms with Crippen LogP contribution in [-0.4, -0.2) is 46.7 Å². The third-order valence-corrected chi connectivity index (χ3v) is 4.78. The van der Waals surface area contributed by atoms with Crippen LogP contribution in [0.4, 0.5) is 4.79 Å². The first-order valence-electron chi connectivity index (χ1n) is 7.01. The van der Waals surface area contributed by atoms with Gasteiger partial charge in [-0.2, -0.15) is 0 Å². The van der Waals surface area contributed by atoms with Gasteiger partial charge in [0.15, 0.2) is 0 Å². The van der Waals surface area contributed by atoms with Gasteiger partial charge in [0.1, 0.15) is 6.10 Å². The number of cyclic esters (lactones) is 1. The monoisotopic (exact) mass is 258 g/mol. The molecule has 0 aromatic heterocycles. The van der Waals surface area contributed by atoms with E-state index in [1.54, 1.807) is 0 Å². The van der Waals surface area contributed by atoms with Crippen molar-refractivity contribution >= 4 is 6.09 Å². The molecule has 1 aromatic carbocycles. The average Bonchev–Trinajstić information content (AvgIpc) is 2.73. The number of piperazine rings is 1. The van der Waals surface area contributed by atoms with Crippen LogP contribution in [0.25, 0.3) is 0 Å². The summed E-state index contributed by atoms with van der Waals surface area (Å²) in [7, 11) is 0. The van der Waals surface area contributed by atoms with E-state index in [1.165, 1.54) is 12.0 Å². The molecule has 0 radical (unpaired) electrons. The van der Waals surface area contributed by atoms with E-state index in [9.17, 15) is 4.79 Å². The number of nitrogens with zero attached hydrogens (tertiary/aromatic N) is 2. The van der Waals surface area contributed by atoms with Crippen molar-refractivity contribution in [3.05, 3.63) is 35.9 Å². The zero-order valence-electron chi connectivity index (χ0n) is 11.0. The Hall–Kier alpha value is -1.55. The molecule has 0 N–H and O–H groups in total. The minimum absolute atomic E-state index is 0.0250. The predicted molar refractivity (Wildman–Crippen MR) is 70.6 cm³/mol. The van der Waals surface area contributed by atoms with Crippen LogP contribution >= 0.6 is 0 Å². The highest BCUT2D eigenvalue weighted by molar-refractivity contribution is 5.71. The number of piperidine rings is 1. The molecule has 0 aliphatic carbocycles. The van der Waals surface area contributed by atoms with E-state index in [2.05, 4.69) is 29.2 Å². The summed E-state index contributed by atoms with van der Waals surface area (Å²) >= 11 is 0. The third-order valence-electron chi connectivity index (χ3n) is 4.78. The van der Waals surface area contributed by atoms with Crippen LogP contribution in [0.3, 0.4) is 0 Å². The average molecular weight is 258 g/mol. The van der Waals surface area contributed by atoms with Crippen LogP contribution in [-0.2, 0) is 11.3 Å². The van der Waals surface area contributed by atoms with Gasteiger partial charge in [-0.1, -0.05) is 30.3 Å². The number of carbonyl (C=O) groups excluding carboxylic acids is 1. The fraction of sp³-hybridized carbons (Fsp3) is 0.533. The van der Waals surface area contributed by atoms with Gasteiger partial charge >= 0.3 is 6.09 Å². The van der Waals surface area contributed by atoms with Crippen LogP contribution in [0, 0.1) is 0 Å². The zero-order valence-corrected chi connectivity index (χ0v) is 11.0. The molecule has 19 heavy (non-hydrogen) atoms. The molecule has 1 amide bonds. The number of rotatable bonds is 2. The first kappa shape index (κ1) is 11.3. The number of ether oxygens (including phenoxy) is 1. The quantitative estimate of drug-likeness (QED) is 0.811. The lowest BCUT2D eigenvalue weighted by Crippen LogP contribution is -2.72. The molecule has 4 atom stereocenters. The molecular weight excluding hydrogens is 240 g/mol. The Morgan fingerprint density at radius 3 is 2.89 bits per heavy atom. The molecule has 4 fully saturated rings. The first-order valence-corrected chi connectivity index (χ1v) is 7.01. The van der Waals surface area contributed by atoms with E-state index < -0.39 is 0 Å². The number of carbonyl (C=O) groups is 1. The van der Waals surface area contributed by atoms with E-state index in [0.717, 1.165) is 13.1 Å². The minimum Gasteiger partial charge on any atom is -0.444 e.